The van der Waals surface area contributed by atoms with E-state index in [4.69, 9.17) is 4.74 Å². The maximum absolute atomic E-state index is 12.2. The number of carbonyl (C=O) groups is 1. The van der Waals surface area contributed by atoms with Crippen molar-refractivity contribution in [1.29, 1.82) is 0 Å². The van der Waals surface area contributed by atoms with Gasteiger partial charge < -0.3 is 10.1 Å². The van der Waals surface area contributed by atoms with Gasteiger partial charge in [-0.15, -0.1) is 0 Å². The van der Waals surface area contributed by atoms with E-state index in [1.807, 2.05) is 19.1 Å². The van der Waals surface area contributed by atoms with Gasteiger partial charge in [-0.1, -0.05) is 17.7 Å². The van der Waals surface area contributed by atoms with Gasteiger partial charge in [0.15, 0.2) is 15.9 Å². The molecule has 0 aromatic heterocycles. The first-order valence-electron chi connectivity index (χ1n) is 6.95. The summed E-state index contributed by atoms with van der Waals surface area (Å²) in [5.74, 6) is 0.433. The average Bonchev–Trinajstić information content (AvgIpc) is 2.66. The van der Waals surface area contributed by atoms with Crippen molar-refractivity contribution in [2.24, 2.45) is 0 Å². The van der Waals surface area contributed by atoms with E-state index in [-0.39, 0.29) is 17.4 Å². The second kappa shape index (κ2) is 5.67. The number of nitrogens with one attached hydrogen (secondary N) is 1. The summed E-state index contributed by atoms with van der Waals surface area (Å²) < 4.78 is 28.7. The minimum atomic E-state index is -3.04. The van der Waals surface area contributed by atoms with Crippen LogP contribution in [0.25, 0.3) is 0 Å². The van der Waals surface area contributed by atoms with Crippen LogP contribution in [0.2, 0.25) is 0 Å². The minimum absolute atomic E-state index is 0.0109. The standard InChI is InChI=1S/C15H21NO4S/c1-11-4-6-13(7-5-11)20-12(2)14(17)16-15(3)8-9-21(18,19)10-15/h4-7,12H,8-10H2,1-3H3,(H,16,17). The normalized spacial score (nSPS) is 25.3. The number of rotatable bonds is 4. The van der Waals surface area contributed by atoms with Gasteiger partial charge in [0.2, 0.25) is 0 Å². The average molecular weight is 311 g/mol. The molecule has 2 rings (SSSR count). The fraction of sp³-hybridized carbons (Fsp3) is 0.533. The largest absolute Gasteiger partial charge is 0.481 e. The monoisotopic (exact) mass is 311 g/mol. The first-order chi connectivity index (χ1) is 9.69. The van der Waals surface area contributed by atoms with Crippen LogP contribution >= 0.6 is 0 Å². The summed E-state index contributed by atoms with van der Waals surface area (Å²) in [6.07, 6.45) is -0.231. The van der Waals surface area contributed by atoms with Gasteiger partial charge in [0.05, 0.1) is 17.0 Å². The van der Waals surface area contributed by atoms with E-state index in [0.29, 0.717) is 12.2 Å². The van der Waals surface area contributed by atoms with Crippen LogP contribution in [0.1, 0.15) is 25.8 Å². The molecule has 0 bridgehead atoms. The summed E-state index contributed by atoms with van der Waals surface area (Å²) in [6.45, 7) is 5.39. The highest BCUT2D eigenvalue weighted by Crippen LogP contribution is 2.23. The molecular formula is C15H21NO4S. The maximum Gasteiger partial charge on any atom is 0.261 e. The van der Waals surface area contributed by atoms with Crippen LogP contribution in [0.15, 0.2) is 24.3 Å². The highest BCUT2D eigenvalue weighted by molar-refractivity contribution is 7.91. The lowest BCUT2D eigenvalue weighted by atomic mass is 10.0. The molecule has 1 fully saturated rings. The molecule has 6 heteroatoms. The van der Waals surface area contributed by atoms with Crippen molar-refractivity contribution in [2.75, 3.05) is 11.5 Å². The number of hydrogen-bond donors (Lipinski definition) is 1. The molecule has 1 aliphatic rings. The molecule has 1 amide bonds. The Labute approximate surface area is 125 Å². The van der Waals surface area contributed by atoms with E-state index in [1.165, 1.54) is 0 Å². The van der Waals surface area contributed by atoms with Crippen LogP contribution < -0.4 is 10.1 Å². The fourth-order valence-corrected chi connectivity index (χ4v) is 4.48. The Morgan fingerprint density at radius 2 is 1.95 bits per heavy atom. The molecule has 5 nitrogen and oxygen atoms in total. The molecule has 1 heterocycles. The third-order valence-electron chi connectivity index (χ3n) is 3.63. The molecule has 1 aliphatic heterocycles. The second-order valence-electron chi connectivity index (χ2n) is 5.97. The summed E-state index contributed by atoms with van der Waals surface area (Å²) in [7, 11) is -3.04. The number of ether oxygens (including phenoxy) is 1. The van der Waals surface area contributed by atoms with Crippen molar-refractivity contribution < 1.29 is 17.9 Å². The lowest BCUT2D eigenvalue weighted by Gasteiger charge is -2.26. The van der Waals surface area contributed by atoms with Crippen LogP contribution in [0.5, 0.6) is 5.75 Å². The van der Waals surface area contributed by atoms with Crippen molar-refractivity contribution in [2.45, 2.75) is 38.8 Å². The van der Waals surface area contributed by atoms with Crippen molar-refractivity contribution in [3.05, 3.63) is 29.8 Å². The quantitative estimate of drug-likeness (QED) is 0.913. The number of aryl methyl sites for hydroxylation is 1. The summed E-state index contributed by atoms with van der Waals surface area (Å²) in [5.41, 5.74) is 0.420. The Kier molecular flexibility index (Phi) is 4.27. The van der Waals surface area contributed by atoms with Crippen molar-refractivity contribution in [3.63, 3.8) is 0 Å². The molecule has 1 saturated heterocycles. The first kappa shape index (κ1) is 15.8. The Hall–Kier alpha value is -1.56. The van der Waals surface area contributed by atoms with E-state index in [1.54, 1.807) is 26.0 Å². The lowest BCUT2D eigenvalue weighted by Crippen LogP contribution is -2.51. The lowest BCUT2D eigenvalue weighted by molar-refractivity contribution is -0.128. The Morgan fingerprint density at radius 3 is 2.48 bits per heavy atom. The maximum atomic E-state index is 12.2. The van der Waals surface area contributed by atoms with Gasteiger partial charge in [0.1, 0.15) is 5.75 Å². The molecule has 2 atom stereocenters. The highest BCUT2D eigenvalue weighted by atomic mass is 32.2. The molecule has 2 unspecified atom stereocenters. The van der Waals surface area contributed by atoms with Gasteiger partial charge in [-0.2, -0.15) is 0 Å². The van der Waals surface area contributed by atoms with Crippen LogP contribution in [0.3, 0.4) is 0 Å². The topological polar surface area (TPSA) is 72.5 Å². The van der Waals surface area contributed by atoms with Gasteiger partial charge in [-0.05, 0) is 39.3 Å². The number of amides is 1. The SMILES string of the molecule is Cc1ccc(OC(C)C(=O)NC2(C)CCS(=O)(=O)C2)cc1. The summed E-state index contributed by atoms with van der Waals surface area (Å²) in [5, 5.41) is 2.80. The predicted octanol–water partition coefficient (Wildman–Crippen LogP) is 1.46. The number of hydrogen-bond acceptors (Lipinski definition) is 4. The molecule has 0 saturated carbocycles. The van der Waals surface area contributed by atoms with Gasteiger partial charge >= 0.3 is 0 Å². The molecule has 116 valence electrons. The Balaban J connectivity index is 1.95. The summed E-state index contributed by atoms with van der Waals surface area (Å²) in [4.78, 5) is 12.2. The molecule has 1 N–H and O–H groups in total. The van der Waals surface area contributed by atoms with E-state index < -0.39 is 21.5 Å². The van der Waals surface area contributed by atoms with E-state index >= 15 is 0 Å². The highest BCUT2D eigenvalue weighted by Gasteiger charge is 2.40. The zero-order chi connectivity index (χ0) is 15.7. The Morgan fingerprint density at radius 1 is 1.33 bits per heavy atom. The second-order valence-corrected chi connectivity index (χ2v) is 8.15. The molecule has 1 aromatic carbocycles. The van der Waals surface area contributed by atoms with Crippen molar-refractivity contribution in [3.8, 4) is 5.75 Å². The smallest absolute Gasteiger partial charge is 0.261 e. The van der Waals surface area contributed by atoms with Crippen LogP contribution in [0, 0.1) is 6.92 Å². The minimum Gasteiger partial charge on any atom is -0.481 e. The van der Waals surface area contributed by atoms with E-state index in [2.05, 4.69) is 5.32 Å². The zero-order valence-electron chi connectivity index (χ0n) is 12.5. The van der Waals surface area contributed by atoms with Crippen LogP contribution in [0.4, 0.5) is 0 Å². The zero-order valence-corrected chi connectivity index (χ0v) is 13.4. The molecule has 0 spiro atoms. The predicted molar refractivity (Wildman–Crippen MR) is 81.1 cm³/mol. The first-order valence-corrected chi connectivity index (χ1v) is 8.77. The van der Waals surface area contributed by atoms with Crippen LogP contribution in [-0.4, -0.2) is 37.5 Å². The number of carbonyl (C=O) groups excluding carboxylic acids is 1. The molecule has 0 radical (unpaired) electrons. The van der Waals surface area contributed by atoms with Gasteiger partial charge in [-0.3, -0.25) is 4.79 Å². The van der Waals surface area contributed by atoms with Gasteiger partial charge in [0, 0.05) is 0 Å². The van der Waals surface area contributed by atoms with Gasteiger partial charge in [0.25, 0.3) is 5.91 Å². The van der Waals surface area contributed by atoms with Crippen molar-refractivity contribution >= 4 is 15.7 Å². The number of benzene rings is 1. The molecular weight excluding hydrogens is 290 g/mol. The summed E-state index contributed by atoms with van der Waals surface area (Å²) in [6, 6.07) is 7.43. The molecule has 21 heavy (non-hydrogen) atoms. The molecule has 1 aromatic rings. The number of sulfone groups is 1. The third kappa shape index (κ3) is 4.20. The van der Waals surface area contributed by atoms with Crippen molar-refractivity contribution in [1.82, 2.24) is 5.32 Å². The molecule has 0 aliphatic carbocycles. The van der Waals surface area contributed by atoms with Crippen LogP contribution in [-0.2, 0) is 14.6 Å². The van der Waals surface area contributed by atoms with E-state index in [9.17, 15) is 13.2 Å². The Bertz CT molecular complexity index is 624. The van der Waals surface area contributed by atoms with E-state index in [0.717, 1.165) is 5.56 Å². The van der Waals surface area contributed by atoms with Gasteiger partial charge in [-0.25, -0.2) is 8.42 Å². The fourth-order valence-electron chi connectivity index (χ4n) is 2.38. The summed E-state index contributed by atoms with van der Waals surface area (Å²) >= 11 is 0. The third-order valence-corrected chi connectivity index (χ3v) is 5.53.